The molecule has 67 heavy (non-hydrogen) atoms. The van der Waals surface area contributed by atoms with Gasteiger partial charge < -0.3 is 23.7 Å². The molecule has 2 aliphatic rings. The quantitative estimate of drug-likeness (QED) is 0.0488. The maximum Gasteiger partial charge on any atom is 0.321 e. The number of carbonyl (C=O) groups is 6. The smallest absolute Gasteiger partial charge is 0.321 e. The lowest BCUT2D eigenvalue weighted by Gasteiger charge is -2.18. The number of hydrogen-bond acceptors (Lipinski definition) is 11. The highest BCUT2D eigenvalue weighted by molar-refractivity contribution is 6.39. The monoisotopic (exact) mass is 904 g/mol. The van der Waals surface area contributed by atoms with Crippen molar-refractivity contribution < 1.29 is 52.5 Å². The van der Waals surface area contributed by atoms with Crippen molar-refractivity contribution >= 4 is 68.5 Å². The highest BCUT2D eigenvalue weighted by atomic mass is 16.6. The van der Waals surface area contributed by atoms with Gasteiger partial charge in [-0.15, -0.1) is 0 Å². The largest absolute Gasteiger partial charge is 0.492 e. The van der Waals surface area contributed by atoms with E-state index in [1.165, 1.54) is 0 Å². The average Bonchev–Trinajstić information content (AvgIpc) is 3.72. The van der Waals surface area contributed by atoms with Crippen LogP contribution < -0.4 is 28.7 Å². The molecule has 0 saturated carbocycles. The zero-order valence-electron chi connectivity index (χ0n) is 38.6. The predicted octanol–water partition coefficient (Wildman–Crippen LogP) is 10.6. The molecule has 6 aromatic rings. The van der Waals surface area contributed by atoms with Gasteiger partial charge in [-0.2, -0.15) is 0 Å². The van der Waals surface area contributed by atoms with Gasteiger partial charge in [-0.25, -0.2) is 9.80 Å². The van der Waals surface area contributed by atoms with E-state index < -0.39 is 41.5 Å². The van der Waals surface area contributed by atoms with Crippen molar-refractivity contribution in [3.8, 4) is 23.0 Å². The molecule has 0 N–H and O–H groups in total. The first-order valence-electron chi connectivity index (χ1n) is 22.8. The fourth-order valence-electron chi connectivity index (χ4n) is 8.64. The molecule has 0 spiro atoms. The average molecular weight is 905 g/mol. The molecule has 13 heteroatoms. The number of nitrogens with zero attached hydrogens (tertiary/aromatic N) is 2. The van der Waals surface area contributed by atoms with Crippen molar-refractivity contribution in [3.63, 3.8) is 0 Å². The van der Waals surface area contributed by atoms with E-state index in [0.29, 0.717) is 88.1 Å². The van der Waals surface area contributed by atoms with E-state index >= 15 is 0 Å². The SMILES string of the molecule is CCCOc1c2c(c(OC(C)C)c3ccccc13)C(=O)N(c1ccc(CC(=O)OC(=O)C(CC)c3ccc(N4C(=O)c5c(c(OC(C)C)c6ccccc6c5OCCC)C4=O)cc3)cc1)C2=O. The molecule has 8 rings (SSSR count). The molecule has 4 amide bonds. The summed E-state index contributed by atoms with van der Waals surface area (Å²) in [4.78, 5) is 85.7. The Labute approximate surface area is 388 Å². The Kier molecular flexibility index (Phi) is 13.1. The van der Waals surface area contributed by atoms with Crippen LogP contribution in [0.3, 0.4) is 0 Å². The van der Waals surface area contributed by atoms with E-state index in [9.17, 15) is 28.8 Å². The molecule has 344 valence electrons. The van der Waals surface area contributed by atoms with Gasteiger partial charge in [-0.3, -0.25) is 28.8 Å². The summed E-state index contributed by atoms with van der Waals surface area (Å²) in [5, 5.41) is 2.63. The summed E-state index contributed by atoms with van der Waals surface area (Å²) in [6, 6.07) is 27.5. The lowest BCUT2D eigenvalue weighted by molar-refractivity contribution is -0.160. The van der Waals surface area contributed by atoms with Crippen LogP contribution in [-0.4, -0.2) is 61.0 Å². The van der Waals surface area contributed by atoms with E-state index in [1.807, 2.05) is 90.1 Å². The number of fused-ring (bicyclic) bond motifs is 4. The van der Waals surface area contributed by atoms with Crippen molar-refractivity contribution in [2.75, 3.05) is 23.0 Å². The molecule has 1 atom stereocenters. The number of anilines is 2. The normalized spacial score (nSPS) is 13.7. The summed E-state index contributed by atoms with van der Waals surface area (Å²) in [5.74, 6) is -3.38. The minimum atomic E-state index is -0.839. The van der Waals surface area contributed by atoms with Crippen LogP contribution in [0.4, 0.5) is 11.4 Å². The van der Waals surface area contributed by atoms with Crippen LogP contribution in [0.25, 0.3) is 21.5 Å². The van der Waals surface area contributed by atoms with E-state index in [-0.39, 0.29) is 52.3 Å². The van der Waals surface area contributed by atoms with Crippen molar-refractivity contribution in [2.24, 2.45) is 0 Å². The van der Waals surface area contributed by atoms with Gasteiger partial charge in [0.15, 0.2) is 0 Å². The molecule has 0 bridgehead atoms. The van der Waals surface area contributed by atoms with Crippen LogP contribution in [0.1, 0.15) is 126 Å². The maximum atomic E-state index is 14.2. The van der Waals surface area contributed by atoms with Crippen LogP contribution in [0.15, 0.2) is 97.1 Å². The van der Waals surface area contributed by atoms with Gasteiger partial charge in [0.05, 0.1) is 71.4 Å². The lowest BCUT2D eigenvalue weighted by Crippen LogP contribution is -2.29. The van der Waals surface area contributed by atoms with Crippen molar-refractivity contribution in [1.29, 1.82) is 0 Å². The molecule has 0 saturated heterocycles. The van der Waals surface area contributed by atoms with E-state index in [1.54, 1.807) is 55.5 Å². The molecule has 13 nitrogen and oxygen atoms in total. The molecule has 1 unspecified atom stereocenters. The molecule has 0 fully saturated rings. The zero-order chi connectivity index (χ0) is 47.7. The van der Waals surface area contributed by atoms with Gasteiger partial charge in [0.25, 0.3) is 23.6 Å². The van der Waals surface area contributed by atoms with Gasteiger partial charge in [0.1, 0.15) is 23.0 Å². The molecular formula is C54H52N2O11. The number of rotatable bonds is 17. The number of benzene rings is 6. The number of amides is 4. The fourth-order valence-corrected chi connectivity index (χ4v) is 8.64. The number of esters is 2. The zero-order valence-corrected chi connectivity index (χ0v) is 38.6. The van der Waals surface area contributed by atoms with Crippen LogP contribution in [0.2, 0.25) is 0 Å². The van der Waals surface area contributed by atoms with Gasteiger partial charge >= 0.3 is 11.9 Å². The summed E-state index contributed by atoms with van der Waals surface area (Å²) in [5.41, 5.74) is 2.09. The molecule has 6 aromatic carbocycles. The van der Waals surface area contributed by atoms with E-state index in [2.05, 4.69) is 0 Å². The third-order valence-electron chi connectivity index (χ3n) is 11.5. The third-order valence-corrected chi connectivity index (χ3v) is 11.5. The Balaban J connectivity index is 0.976. The first-order valence-corrected chi connectivity index (χ1v) is 22.8. The standard InChI is InChI=1S/C54H52N2O11/c1-8-27-63-46-37-15-11-13-17-39(37)48(65-30(4)5)44-42(46)50(58)55(52(44)60)34-23-19-32(20-24-34)29-41(57)67-54(62)36(10-3)33-21-25-35(26-22-33)56-51(59)43-45(53(56)61)49(66-31(6)7)40-18-14-12-16-38(40)47(43)64-28-9-2/h11-26,30-31,36H,8-10,27-29H2,1-7H3. The lowest BCUT2D eigenvalue weighted by atomic mass is 9.96. The van der Waals surface area contributed by atoms with Crippen molar-refractivity contribution in [3.05, 3.63) is 130 Å². The van der Waals surface area contributed by atoms with E-state index in [4.69, 9.17) is 23.7 Å². The highest BCUT2D eigenvalue weighted by Crippen LogP contribution is 2.48. The summed E-state index contributed by atoms with van der Waals surface area (Å²) in [6.45, 7) is 13.8. The summed E-state index contributed by atoms with van der Waals surface area (Å²) in [7, 11) is 0. The number of carbonyl (C=O) groups excluding carboxylic acids is 6. The summed E-state index contributed by atoms with van der Waals surface area (Å²) >= 11 is 0. The minimum Gasteiger partial charge on any atom is -0.492 e. The Hall–Kier alpha value is -7.54. The molecule has 0 aliphatic carbocycles. The Morgan fingerprint density at radius 2 is 0.881 bits per heavy atom. The van der Waals surface area contributed by atoms with Crippen LogP contribution in [-0.2, 0) is 20.7 Å². The van der Waals surface area contributed by atoms with Crippen LogP contribution in [0, 0.1) is 0 Å². The van der Waals surface area contributed by atoms with Crippen LogP contribution in [0.5, 0.6) is 23.0 Å². The molecule has 0 aromatic heterocycles. The second kappa shape index (κ2) is 19.1. The topological polar surface area (TPSA) is 155 Å². The van der Waals surface area contributed by atoms with Crippen molar-refractivity contribution in [2.45, 2.75) is 92.3 Å². The molecule has 2 aliphatic heterocycles. The van der Waals surface area contributed by atoms with Gasteiger partial charge in [-0.05, 0) is 82.3 Å². The number of hydrogen-bond donors (Lipinski definition) is 0. The molecular weight excluding hydrogens is 853 g/mol. The first kappa shape index (κ1) is 46.0. The molecule has 0 radical (unpaired) electrons. The first-order chi connectivity index (χ1) is 32.3. The Bertz CT molecular complexity index is 2960. The second-order valence-electron chi connectivity index (χ2n) is 17.0. The minimum absolute atomic E-state index is 0.129. The number of imide groups is 2. The number of ether oxygens (including phenoxy) is 5. The highest BCUT2D eigenvalue weighted by Gasteiger charge is 2.45. The fraction of sp³-hybridized carbons (Fsp3) is 0.296. The maximum absolute atomic E-state index is 14.2. The Morgan fingerprint density at radius 3 is 1.25 bits per heavy atom. The van der Waals surface area contributed by atoms with Crippen LogP contribution >= 0.6 is 0 Å². The predicted molar refractivity (Wildman–Crippen MR) is 254 cm³/mol. The third kappa shape index (κ3) is 8.46. The van der Waals surface area contributed by atoms with E-state index in [0.717, 1.165) is 9.80 Å². The van der Waals surface area contributed by atoms with Gasteiger partial charge in [-0.1, -0.05) is 93.6 Å². The second-order valence-corrected chi connectivity index (χ2v) is 17.0. The summed E-state index contributed by atoms with van der Waals surface area (Å²) in [6.07, 6.45) is 0.824. The van der Waals surface area contributed by atoms with Crippen molar-refractivity contribution in [1.82, 2.24) is 0 Å². The summed E-state index contributed by atoms with van der Waals surface area (Å²) < 4.78 is 30.0. The van der Waals surface area contributed by atoms with Gasteiger partial charge in [0, 0.05) is 21.5 Å². The molecule has 2 heterocycles. The Morgan fingerprint density at radius 1 is 0.507 bits per heavy atom. The van der Waals surface area contributed by atoms with Gasteiger partial charge in [0.2, 0.25) is 0 Å².